The molecule has 0 saturated heterocycles. The molecule has 1 heterocycles. The number of hydrogen-bond donors (Lipinski definition) is 2. The molecule has 1 atom stereocenters. The van der Waals surface area contributed by atoms with Crippen LogP contribution in [0.25, 0.3) is 11.3 Å². The van der Waals surface area contributed by atoms with Crippen molar-refractivity contribution in [2.75, 3.05) is 6.54 Å². The highest BCUT2D eigenvalue weighted by molar-refractivity contribution is 9.10. The first-order valence-corrected chi connectivity index (χ1v) is 6.54. The molecule has 4 heteroatoms. The lowest BCUT2D eigenvalue weighted by Gasteiger charge is -2.07. The molecule has 1 aromatic heterocycles. The van der Waals surface area contributed by atoms with Crippen LogP contribution in [0.3, 0.4) is 0 Å². The molecule has 0 aliphatic rings. The number of benzene rings is 1. The predicted octanol–water partition coefficient (Wildman–Crippen LogP) is 3.29. The summed E-state index contributed by atoms with van der Waals surface area (Å²) in [6.07, 6.45) is 2.87. The molecule has 0 radical (unpaired) electrons. The minimum absolute atomic E-state index is 0.316. The monoisotopic (exact) mass is 293 g/mol. The van der Waals surface area contributed by atoms with E-state index in [0.29, 0.717) is 12.5 Å². The fourth-order valence-corrected chi connectivity index (χ4v) is 2.22. The summed E-state index contributed by atoms with van der Waals surface area (Å²) in [7, 11) is 0. The number of halogens is 1. The molecule has 0 amide bonds. The first-order valence-electron chi connectivity index (χ1n) is 5.75. The van der Waals surface area contributed by atoms with Gasteiger partial charge in [0.2, 0.25) is 0 Å². The second-order valence-electron chi connectivity index (χ2n) is 4.03. The molecule has 0 saturated carbocycles. The predicted molar refractivity (Wildman–Crippen MR) is 73.8 cm³/mol. The Balaban J connectivity index is 2.29. The molecule has 0 aliphatic carbocycles. The van der Waals surface area contributed by atoms with Crippen LogP contribution in [0.4, 0.5) is 0 Å². The smallest absolute Gasteiger partial charge is 0.110 e. The van der Waals surface area contributed by atoms with Gasteiger partial charge >= 0.3 is 0 Å². The molecule has 1 aromatic carbocycles. The molecule has 0 spiro atoms. The third kappa shape index (κ3) is 2.76. The number of nitrogens with two attached hydrogens (primary N) is 1. The highest BCUT2D eigenvalue weighted by Crippen LogP contribution is 2.23. The Morgan fingerprint density at radius 3 is 2.94 bits per heavy atom. The highest BCUT2D eigenvalue weighted by Gasteiger charge is 2.11. The summed E-state index contributed by atoms with van der Waals surface area (Å²) in [6, 6.07) is 8.15. The van der Waals surface area contributed by atoms with Crippen LogP contribution in [0.1, 0.15) is 25.1 Å². The summed E-state index contributed by atoms with van der Waals surface area (Å²) in [5, 5.41) is 0. The maximum Gasteiger partial charge on any atom is 0.110 e. The Labute approximate surface area is 110 Å². The van der Waals surface area contributed by atoms with Crippen LogP contribution in [0.2, 0.25) is 0 Å². The van der Waals surface area contributed by atoms with Gasteiger partial charge in [-0.05, 0) is 18.6 Å². The van der Waals surface area contributed by atoms with E-state index in [1.165, 1.54) is 0 Å². The van der Waals surface area contributed by atoms with Crippen molar-refractivity contribution in [2.45, 2.75) is 19.3 Å². The van der Waals surface area contributed by atoms with E-state index in [2.05, 4.69) is 45.0 Å². The highest BCUT2D eigenvalue weighted by atomic mass is 79.9. The fourth-order valence-electron chi connectivity index (χ4n) is 1.82. The molecule has 2 rings (SSSR count). The van der Waals surface area contributed by atoms with E-state index in [-0.39, 0.29) is 0 Å². The van der Waals surface area contributed by atoms with Crippen LogP contribution in [-0.4, -0.2) is 16.5 Å². The van der Waals surface area contributed by atoms with Crippen molar-refractivity contribution in [3.63, 3.8) is 0 Å². The van der Waals surface area contributed by atoms with Crippen molar-refractivity contribution < 1.29 is 0 Å². The first kappa shape index (κ1) is 12.3. The summed E-state index contributed by atoms with van der Waals surface area (Å²) in [5.41, 5.74) is 7.88. The van der Waals surface area contributed by atoms with Crippen LogP contribution < -0.4 is 5.73 Å². The third-order valence-electron chi connectivity index (χ3n) is 2.90. The van der Waals surface area contributed by atoms with Gasteiger partial charge in [0.15, 0.2) is 0 Å². The SMILES string of the molecule is CCC(CN)c1ncc(-c2cccc(Br)c2)[nH]1. The zero-order chi connectivity index (χ0) is 12.3. The number of imidazole rings is 1. The van der Waals surface area contributed by atoms with Gasteiger partial charge in [-0.15, -0.1) is 0 Å². The zero-order valence-corrected chi connectivity index (χ0v) is 11.4. The lowest BCUT2D eigenvalue weighted by Crippen LogP contribution is -2.12. The fraction of sp³-hybridized carbons (Fsp3) is 0.308. The number of rotatable bonds is 4. The summed E-state index contributed by atoms with van der Waals surface area (Å²) in [6.45, 7) is 2.75. The molecule has 0 fully saturated rings. The molecule has 2 aromatic rings. The van der Waals surface area contributed by atoms with Gasteiger partial charge in [-0.2, -0.15) is 0 Å². The summed E-state index contributed by atoms with van der Waals surface area (Å²) in [4.78, 5) is 7.76. The minimum atomic E-state index is 0.316. The van der Waals surface area contributed by atoms with Crippen molar-refractivity contribution in [3.05, 3.63) is 40.8 Å². The summed E-state index contributed by atoms with van der Waals surface area (Å²) in [5.74, 6) is 1.29. The standard InChI is InChI=1S/C13H16BrN3/c1-2-9(7-15)13-16-8-12(17-13)10-4-3-5-11(14)6-10/h3-6,8-9H,2,7,15H2,1H3,(H,16,17). The molecule has 3 nitrogen and oxygen atoms in total. The average Bonchev–Trinajstić information content (AvgIpc) is 2.80. The van der Waals surface area contributed by atoms with Crippen LogP contribution in [0.15, 0.2) is 34.9 Å². The molecule has 17 heavy (non-hydrogen) atoms. The van der Waals surface area contributed by atoms with Gasteiger partial charge < -0.3 is 10.7 Å². The van der Waals surface area contributed by atoms with Gasteiger partial charge in [-0.1, -0.05) is 35.0 Å². The van der Waals surface area contributed by atoms with E-state index >= 15 is 0 Å². The number of nitrogens with zero attached hydrogens (tertiary/aromatic N) is 1. The Morgan fingerprint density at radius 1 is 1.47 bits per heavy atom. The molecule has 1 unspecified atom stereocenters. The van der Waals surface area contributed by atoms with Crippen molar-refractivity contribution >= 4 is 15.9 Å². The van der Waals surface area contributed by atoms with Crippen LogP contribution in [0.5, 0.6) is 0 Å². The normalized spacial score (nSPS) is 12.6. The van der Waals surface area contributed by atoms with Gasteiger partial charge in [0.1, 0.15) is 5.82 Å². The topological polar surface area (TPSA) is 54.7 Å². The number of H-pyrrole nitrogens is 1. The number of aromatic nitrogens is 2. The lowest BCUT2D eigenvalue weighted by atomic mass is 10.1. The van der Waals surface area contributed by atoms with Gasteiger partial charge in [-0.25, -0.2) is 4.98 Å². The van der Waals surface area contributed by atoms with Crippen LogP contribution in [0, 0.1) is 0 Å². The van der Waals surface area contributed by atoms with E-state index in [9.17, 15) is 0 Å². The zero-order valence-electron chi connectivity index (χ0n) is 9.78. The molecule has 90 valence electrons. The number of nitrogens with one attached hydrogen (secondary N) is 1. The summed E-state index contributed by atoms with van der Waals surface area (Å²) >= 11 is 3.47. The van der Waals surface area contributed by atoms with E-state index < -0.39 is 0 Å². The average molecular weight is 294 g/mol. The maximum absolute atomic E-state index is 5.72. The van der Waals surface area contributed by atoms with Crippen molar-refractivity contribution in [1.82, 2.24) is 9.97 Å². The second-order valence-corrected chi connectivity index (χ2v) is 4.95. The van der Waals surface area contributed by atoms with Crippen LogP contribution in [-0.2, 0) is 0 Å². The maximum atomic E-state index is 5.72. The first-order chi connectivity index (χ1) is 8.24. The number of aromatic amines is 1. The van der Waals surface area contributed by atoms with Gasteiger partial charge in [0, 0.05) is 22.5 Å². The molecular weight excluding hydrogens is 278 g/mol. The van der Waals surface area contributed by atoms with Crippen LogP contribution >= 0.6 is 15.9 Å². The largest absolute Gasteiger partial charge is 0.342 e. The Morgan fingerprint density at radius 2 is 2.29 bits per heavy atom. The molecule has 0 aliphatic heterocycles. The van der Waals surface area contributed by atoms with Gasteiger partial charge in [0.25, 0.3) is 0 Å². The van der Waals surface area contributed by atoms with E-state index in [1.54, 1.807) is 0 Å². The number of hydrogen-bond acceptors (Lipinski definition) is 2. The van der Waals surface area contributed by atoms with Crippen molar-refractivity contribution in [1.29, 1.82) is 0 Å². The Kier molecular flexibility index (Phi) is 3.97. The molecule has 3 N–H and O–H groups in total. The lowest BCUT2D eigenvalue weighted by molar-refractivity contribution is 0.639. The minimum Gasteiger partial charge on any atom is -0.342 e. The van der Waals surface area contributed by atoms with E-state index in [4.69, 9.17) is 5.73 Å². The Hall–Kier alpha value is -1.13. The summed E-state index contributed by atoms with van der Waals surface area (Å²) < 4.78 is 1.07. The van der Waals surface area contributed by atoms with Gasteiger partial charge in [-0.3, -0.25) is 0 Å². The second kappa shape index (κ2) is 5.47. The Bertz CT molecular complexity index is 489. The van der Waals surface area contributed by atoms with E-state index in [1.807, 2.05) is 18.3 Å². The molecule has 0 bridgehead atoms. The van der Waals surface area contributed by atoms with Crippen molar-refractivity contribution in [2.24, 2.45) is 5.73 Å². The van der Waals surface area contributed by atoms with Crippen molar-refractivity contribution in [3.8, 4) is 11.3 Å². The third-order valence-corrected chi connectivity index (χ3v) is 3.39. The van der Waals surface area contributed by atoms with Gasteiger partial charge in [0.05, 0.1) is 11.9 Å². The van der Waals surface area contributed by atoms with E-state index in [0.717, 1.165) is 28.0 Å². The molecular formula is C13H16BrN3. The quantitative estimate of drug-likeness (QED) is 0.909.